The summed E-state index contributed by atoms with van der Waals surface area (Å²) < 4.78 is 5.26. The number of hydrogen-bond donors (Lipinski definition) is 1. The van der Waals surface area contributed by atoms with E-state index in [0.717, 1.165) is 34.5 Å². The molecule has 1 aromatic heterocycles. The molecule has 23 heavy (non-hydrogen) atoms. The molecule has 0 saturated heterocycles. The molecule has 3 rings (SSSR count). The average molecular weight is 324 g/mol. The number of rotatable bonds is 6. The highest BCUT2D eigenvalue weighted by molar-refractivity contribution is 7.98. The standard InChI is InChI=1S/C19H20N2OS/c1-14-18(12-15-7-4-3-5-8-15)21-19(20-14)23-13-16-9-6-10-17(11-16)22-2/h3-11H,12-13H2,1-2H3,(H,20,21). The fraction of sp³-hybridized carbons (Fsp3) is 0.211. The number of benzene rings is 2. The molecular formula is C19H20N2OS. The normalized spacial score (nSPS) is 10.7. The number of hydrogen-bond acceptors (Lipinski definition) is 3. The number of imidazole rings is 1. The minimum Gasteiger partial charge on any atom is -0.497 e. The van der Waals surface area contributed by atoms with Gasteiger partial charge in [0.15, 0.2) is 5.16 Å². The second kappa shape index (κ2) is 7.38. The van der Waals surface area contributed by atoms with E-state index in [0.29, 0.717) is 0 Å². The molecule has 1 N–H and O–H groups in total. The lowest BCUT2D eigenvalue weighted by atomic mass is 10.1. The van der Waals surface area contributed by atoms with E-state index in [1.54, 1.807) is 18.9 Å². The first-order valence-corrected chi connectivity index (χ1v) is 8.58. The SMILES string of the molecule is COc1cccc(CSc2nc(Cc3ccccc3)c(C)[nH]2)c1. The molecule has 3 aromatic rings. The van der Waals surface area contributed by atoms with Gasteiger partial charge in [-0.05, 0) is 30.2 Å². The maximum absolute atomic E-state index is 5.26. The minimum absolute atomic E-state index is 0.864. The van der Waals surface area contributed by atoms with Crippen LogP contribution in [0, 0.1) is 6.92 Å². The van der Waals surface area contributed by atoms with Crippen molar-refractivity contribution >= 4 is 11.8 Å². The summed E-state index contributed by atoms with van der Waals surface area (Å²) in [5, 5.41) is 0.969. The zero-order valence-corrected chi connectivity index (χ0v) is 14.2. The molecule has 0 radical (unpaired) electrons. The van der Waals surface area contributed by atoms with Crippen molar-refractivity contribution in [2.24, 2.45) is 0 Å². The van der Waals surface area contributed by atoms with Crippen LogP contribution in [0.1, 0.15) is 22.5 Å². The monoisotopic (exact) mass is 324 g/mol. The van der Waals surface area contributed by atoms with Crippen LogP contribution in [0.5, 0.6) is 5.75 Å². The Morgan fingerprint density at radius 3 is 2.61 bits per heavy atom. The first kappa shape index (κ1) is 15.7. The Bertz CT molecular complexity index is 768. The minimum atomic E-state index is 0.864. The Hall–Kier alpha value is -2.20. The molecule has 4 heteroatoms. The second-order valence-electron chi connectivity index (χ2n) is 5.42. The van der Waals surface area contributed by atoms with Crippen molar-refractivity contribution in [1.29, 1.82) is 0 Å². The maximum Gasteiger partial charge on any atom is 0.166 e. The molecule has 0 spiro atoms. The van der Waals surface area contributed by atoms with Gasteiger partial charge >= 0.3 is 0 Å². The van der Waals surface area contributed by atoms with Gasteiger partial charge in [-0.2, -0.15) is 0 Å². The van der Waals surface area contributed by atoms with E-state index in [2.05, 4.69) is 48.3 Å². The molecule has 0 unspecified atom stereocenters. The average Bonchev–Trinajstić information content (AvgIpc) is 2.94. The first-order valence-electron chi connectivity index (χ1n) is 7.60. The second-order valence-corrected chi connectivity index (χ2v) is 6.38. The van der Waals surface area contributed by atoms with Gasteiger partial charge in [0.05, 0.1) is 12.8 Å². The van der Waals surface area contributed by atoms with Gasteiger partial charge in [-0.3, -0.25) is 0 Å². The van der Waals surface area contributed by atoms with Gasteiger partial charge in [0.25, 0.3) is 0 Å². The Morgan fingerprint density at radius 2 is 1.83 bits per heavy atom. The lowest BCUT2D eigenvalue weighted by molar-refractivity contribution is 0.414. The number of H-pyrrole nitrogens is 1. The van der Waals surface area contributed by atoms with Crippen LogP contribution >= 0.6 is 11.8 Å². The van der Waals surface area contributed by atoms with Gasteiger partial charge in [0, 0.05) is 17.9 Å². The molecule has 0 saturated carbocycles. The predicted molar refractivity (Wildman–Crippen MR) is 95.1 cm³/mol. The van der Waals surface area contributed by atoms with E-state index >= 15 is 0 Å². The van der Waals surface area contributed by atoms with Gasteiger partial charge in [-0.15, -0.1) is 0 Å². The number of nitrogens with zero attached hydrogens (tertiary/aromatic N) is 1. The van der Waals surface area contributed by atoms with Crippen LogP contribution in [0.2, 0.25) is 0 Å². The summed E-state index contributed by atoms with van der Waals surface area (Å²) in [6, 6.07) is 18.6. The fourth-order valence-corrected chi connectivity index (χ4v) is 3.29. The summed E-state index contributed by atoms with van der Waals surface area (Å²) in [6.07, 6.45) is 0.864. The van der Waals surface area contributed by atoms with Crippen molar-refractivity contribution in [2.45, 2.75) is 24.3 Å². The van der Waals surface area contributed by atoms with Crippen LogP contribution in [0.15, 0.2) is 59.8 Å². The summed E-state index contributed by atoms with van der Waals surface area (Å²) in [7, 11) is 1.69. The predicted octanol–water partition coefficient (Wildman–Crippen LogP) is 4.61. The largest absolute Gasteiger partial charge is 0.497 e. The zero-order valence-electron chi connectivity index (χ0n) is 13.4. The third-order valence-electron chi connectivity index (χ3n) is 3.69. The van der Waals surface area contributed by atoms with Gasteiger partial charge in [-0.1, -0.05) is 54.2 Å². The van der Waals surface area contributed by atoms with Crippen LogP contribution in [-0.2, 0) is 12.2 Å². The number of methoxy groups -OCH3 is 1. The van der Waals surface area contributed by atoms with E-state index < -0.39 is 0 Å². The number of thioether (sulfide) groups is 1. The highest BCUT2D eigenvalue weighted by Gasteiger charge is 2.08. The smallest absolute Gasteiger partial charge is 0.166 e. The van der Waals surface area contributed by atoms with E-state index in [-0.39, 0.29) is 0 Å². The summed E-state index contributed by atoms with van der Waals surface area (Å²) in [5.74, 6) is 1.76. The summed E-state index contributed by atoms with van der Waals surface area (Å²) in [5.41, 5.74) is 4.77. The summed E-state index contributed by atoms with van der Waals surface area (Å²) in [6.45, 7) is 2.08. The number of aromatic nitrogens is 2. The Morgan fingerprint density at radius 1 is 1.04 bits per heavy atom. The summed E-state index contributed by atoms with van der Waals surface area (Å²) in [4.78, 5) is 8.12. The molecule has 0 bridgehead atoms. The van der Waals surface area contributed by atoms with Crippen molar-refractivity contribution < 1.29 is 4.74 Å². The Kier molecular flexibility index (Phi) is 5.03. The number of aromatic amines is 1. The lowest BCUT2D eigenvalue weighted by Crippen LogP contribution is -1.90. The third kappa shape index (κ3) is 4.17. The molecule has 0 aliphatic carbocycles. The fourth-order valence-electron chi connectivity index (χ4n) is 2.41. The maximum atomic E-state index is 5.26. The van der Waals surface area contributed by atoms with Crippen LogP contribution in [0.25, 0.3) is 0 Å². The van der Waals surface area contributed by atoms with E-state index in [1.165, 1.54) is 11.1 Å². The van der Waals surface area contributed by atoms with Gasteiger partial charge in [-0.25, -0.2) is 4.98 Å². The molecule has 0 atom stereocenters. The molecule has 0 aliphatic rings. The Balaban J connectivity index is 1.66. The number of nitrogens with one attached hydrogen (secondary N) is 1. The quantitative estimate of drug-likeness (QED) is 0.673. The zero-order chi connectivity index (χ0) is 16.1. The van der Waals surface area contributed by atoms with Crippen LogP contribution in [0.3, 0.4) is 0 Å². The van der Waals surface area contributed by atoms with Crippen molar-refractivity contribution in [1.82, 2.24) is 9.97 Å². The van der Waals surface area contributed by atoms with E-state index in [4.69, 9.17) is 9.72 Å². The van der Waals surface area contributed by atoms with Crippen LogP contribution in [0.4, 0.5) is 0 Å². The van der Waals surface area contributed by atoms with E-state index in [9.17, 15) is 0 Å². The van der Waals surface area contributed by atoms with Crippen LogP contribution in [-0.4, -0.2) is 17.1 Å². The lowest BCUT2D eigenvalue weighted by Gasteiger charge is -2.03. The van der Waals surface area contributed by atoms with Crippen molar-refractivity contribution in [3.8, 4) is 5.75 Å². The highest BCUT2D eigenvalue weighted by Crippen LogP contribution is 2.24. The highest BCUT2D eigenvalue weighted by atomic mass is 32.2. The van der Waals surface area contributed by atoms with E-state index in [1.807, 2.05) is 18.2 Å². The molecular weight excluding hydrogens is 304 g/mol. The van der Waals surface area contributed by atoms with Crippen molar-refractivity contribution in [2.75, 3.05) is 7.11 Å². The molecule has 0 aliphatic heterocycles. The van der Waals surface area contributed by atoms with Gasteiger partial charge < -0.3 is 9.72 Å². The first-order chi connectivity index (χ1) is 11.2. The van der Waals surface area contributed by atoms with Crippen molar-refractivity contribution in [3.63, 3.8) is 0 Å². The van der Waals surface area contributed by atoms with Crippen molar-refractivity contribution in [3.05, 3.63) is 77.1 Å². The molecule has 0 fully saturated rings. The third-order valence-corrected chi connectivity index (χ3v) is 4.63. The molecule has 2 aromatic carbocycles. The topological polar surface area (TPSA) is 37.9 Å². The van der Waals surface area contributed by atoms with Crippen LogP contribution < -0.4 is 4.74 Å². The summed E-state index contributed by atoms with van der Waals surface area (Å²) >= 11 is 1.72. The molecule has 118 valence electrons. The molecule has 1 heterocycles. The molecule has 3 nitrogen and oxygen atoms in total. The van der Waals surface area contributed by atoms with Gasteiger partial charge in [0.1, 0.15) is 5.75 Å². The molecule has 0 amide bonds. The number of ether oxygens (including phenoxy) is 1. The number of aryl methyl sites for hydroxylation is 1. The Labute approximate surface area is 141 Å². The van der Waals surface area contributed by atoms with Gasteiger partial charge in [0.2, 0.25) is 0 Å².